The highest BCUT2D eigenvalue weighted by molar-refractivity contribution is 5.53. The molecule has 2 heterocycles. The zero-order chi connectivity index (χ0) is 12.3. The molecule has 2 unspecified atom stereocenters. The molecule has 0 bridgehead atoms. The number of hydrogen-bond acceptors (Lipinski definition) is 5. The lowest BCUT2D eigenvalue weighted by Gasteiger charge is -2.38. The SMILES string of the molecule is COc1cccnc1N1CC(CN)OCC1C. The maximum absolute atomic E-state index is 5.66. The fourth-order valence-corrected chi connectivity index (χ4v) is 2.01. The first-order valence-electron chi connectivity index (χ1n) is 5.83. The maximum Gasteiger partial charge on any atom is 0.171 e. The van der Waals surface area contributed by atoms with Crippen molar-refractivity contribution in [1.82, 2.24) is 4.98 Å². The van der Waals surface area contributed by atoms with Crippen LogP contribution < -0.4 is 15.4 Å². The average Bonchev–Trinajstić information content (AvgIpc) is 2.39. The molecule has 0 radical (unpaired) electrons. The Labute approximate surface area is 102 Å². The third-order valence-corrected chi connectivity index (χ3v) is 3.01. The van der Waals surface area contributed by atoms with Gasteiger partial charge in [0.2, 0.25) is 0 Å². The molecule has 5 heteroatoms. The van der Waals surface area contributed by atoms with E-state index in [0.29, 0.717) is 13.2 Å². The molecule has 1 fully saturated rings. The second-order valence-corrected chi connectivity index (χ2v) is 4.22. The first kappa shape index (κ1) is 12.1. The fourth-order valence-electron chi connectivity index (χ4n) is 2.01. The van der Waals surface area contributed by atoms with Crippen molar-refractivity contribution in [3.8, 4) is 5.75 Å². The van der Waals surface area contributed by atoms with Crippen LogP contribution in [0.2, 0.25) is 0 Å². The number of rotatable bonds is 3. The Morgan fingerprint density at radius 2 is 2.47 bits per heavy atom. The minimum atomic E-state index is 0.0675. The molecule has 0 aromatic carbocycles. The van der Waals surface area contributed by atoms with Crippen molar-refractivity contribution in [3.05, 3.63) is 18.3 Å². The van der Waals surface area contributed by atoms with Gasteiger partial charge in [0.25, 0.3) is 0 Å². The molecule has 1 saturated heterocycles. The molecule has 0 amide bonds. The van der Waals surface area contributed by atoms with Crippen LogP contribution in [0.3, 0.4) is 0 Å². The molecule has 1 aromatic heterocycles. The largest absolute Gasteiger partial charge is 0.493 e. The van der Waals surface area contributed by atoms with Gasteiger partial charge in [-0.2, -0.15) is 0 Å². The summed E-state index contributed by atoms with van der Waals surface area (Å²) in [5, 5.41) is 0. The lowest BCUT2D eigenvalue weighted by molar-refractivity contribution is 0.0278. The van der Waals surface area contributed by atoms with Gasteiger partial charge < -0.3 is 20.1 Å². The highest BCUT2D eigenvalue weighted by atomic mass is 16.5. The average molecular weight is 237 g/mol. The summed E-state index contributed by atoms with van der Waals surface area (Å²) in [4.78, 5) is 6.59. The fraction of sp³-hybridized carbons (Fsp3) is 0.583. The van der Waals surface area contributed by atoms with Crippen LogP contribution in [-0.2, 0) is 4.74 Å². The Morgan fingerprint density at radius 1 is 1.65 bits per heavy atom. The maximum atomic E-state index is 5.66. The van der Waals surface area contributed by atoms with Crippen LogP contribution in [0.1, 0.15) is 6.92 Å². The topological polar surface area (TPSA) is 60.6 Å². The molecule has 0 aliphatic carbocycles. The number of pyridine rings is 1. The van der Waals surface area contributed by atoms with Crippen molar-refractivity contribution in [1.29, 1.82) is 0 Å². The summed E-state index contributed by atoms with van der Waals surface area (Å²) >= 11 is 0. The molecule has 2 N–H and O–H groups in total. The van der Waals surface area contributed by atoms with Crippen LogP contribution in [0.15, 0.2) is 18.3 Å². The van der Waals surface area contributed by atoms with Gasteiger partial charge in [0.15, 0.2) is 11.6 Å². The summed E-state index contributed by atoms with van der Waals surface area (Å²) in [6.45, 7) is 4.06. The zero-order valence-corrected chi connectivity index (χ0v) is 10.3. The molecule has 5 nitrogen and oxygen atoms in total. The zero-order valence-electron chi connectivity index (χ0n) is 10.3. The van der Waals surface area contributed by atoms with E-state index in [1.54, 1.807) is 13.3 Å². The Kier molecular flexibility index (Phi) is 3.81. The van der Waals surface area contributed by atoms with E-state index >= 15 is 0 Å². The van der Waals surface area contributed by atoms with E-state index in [1.165, 1.54) is 0 Å². The summed E-state index contributed by atoms with van der Waals surface area (Å²) in [6, 6.07) is 4.07. The number of ether oxygens (including phenoxy) is 2. The van der Waals surface area contributed by atoms with Crippen molar-refractivity contribution in [2.45, 2.75) is 19.1 Å². The van der Waals surface area contributed by atoms with Gasteiger partial charge in [-0.05, 0) is 19.1 Å². The van der Waals surface area contributed by atoms with Crippen molar-refractivity contribution >= 4 is 5.82 Å². The van der Waals surface area contributed by atoms with Gasteiger partial charge in [0.1, 0.15) is 0 Å². The van der Waals surface area contributed by atoms with Gasteiger partial charge in [-0.3, -0.25) is 0 Å². The predicted molar refractivity (Wildman–Crippen MR) is 66.4 cm³/mol. The van der Waals surface area contributed by atoms with E-state index in [0.717, 1.165) is 18.1 Å². The minimum Gasteiger partial charge on any atom is -0.493 e. The van der Waals surface area contributed by atoms with E-state index in [1.807, 2.05) is 12.1 Å². The highest BCUT2D eigenvalue weighted by Gasteiger charge is 2.27. The van der Waals surface area contributed by atoms with E-state index in [-0.39, 0.29) is 12.1 Å². The molecule has 0 saturated carbocycles. The van der Waals surface area contributed by atoms with E-state index < -0.39 is 0 Å². The number of nitrogens with two attached hydrogens (primary N) is 1. The number of methoxy groups -OCH3 is 1. The molecule has 2 rings (SSSR count). The summed E-state index contributed by atoms with van der Waals surface area (Å²) in [6.07, 6.45) is 1.84. The van der Waals surface area contributed by atoms with Crippen molar-refractivity contribution < 1.29 is 9.47 Å². The van der Waals surface area contributed by atoms with Crippen LogP contribution in [0.5, 0.6) is 5.75 Å². The Bertz CT molecular complexity index is 373. The Balaban J connectivity index is 2.24. The van der Waals surface area contributed by atoms with Crippen LogP contribution >= 0.6 is 0 Å². The quantitative estimate of drug-likeness (QED) is 0.836. The van der Waals surface area contributed by atoms with E-state index in [2.05, 4.69) is 16.8 Å². The van der Waals surface area contributed by atoms with Gasteiger partial charge in [0.05, 0.1) is 25.9 Å². The second kappa shape index (κ2) is 5.33. The summed E-state index contributed by atoms with van der Waals surface area (Å²) in [5.74, 6) is 1.65. The summed E-state index contributed by atoms with van der Waals surface area (Å²) in [5.41, 5.74) is 5.66. The number of nitrogens with zero attached hydrogens (tertiary/aromatic N) is 2. The van der Waals surface area contributed by atoms with Crippen LogP contribution in [0.25, 0.3) is 0 Å². The van der Waals surface area contributed by atoms with Crippen molar-refractivity contribution in [2.75, 3.05) is 31.7 Å². The Hall–Kier alpha value is -1.33. The number of morpholine rings is 1. The normalized spacial score (nSPS) is 24.8. The van der Waals surface area contributed by atoms with Gasteiger partial charge in [-0.25, -0.2) is 4.98 Å². The number of hydrogen-bond donors (Lipinski definition) is 1. The van der Waals surface area contributed by atoms with Gasteiger partial charge >= 0.3 is 0 Å². The Morgan fingerprint density at radius 3 is 3.18 bits per heavy atom. The smallest absolute Gasteiger partial charge is 0.171 e. The minimum absolute atomic E-state index is 0.0675. The third-order valence-electron chi connectivity index (χ3n) is 3.01. The molecule has 17 heavy (non-hydrogen) atoms. The first-order valence-corrected chi connectivity index (χ1v) is 5.83. The van der Waals surface area contributed by atoms with Crippen LogP contribution in [-0.4, -0.2) is 43.9 Å². The monoisotopic (exact) mass is 237 g/mol. The molecule has 2 atom stereocenters. The standard InChI is InChI=1S/C12H19N3O2/c1-9-8-17-10(6-13)7-15(9)12-11(16-2)4-3-5-14-12/h3-5,9-10H,6-8,13H2,1-2H3. The molecule has 1 aromatic rings. The summed E-state index contributed by atoms with van der Waals surface area (Å²) in [7, 11) is 1.66. The molecule has 1 aliphatic rings. The molecule has 0 spiro atoms. The number of anilines is 1. The van der Waals surface area contributed by atoms with Crippen LogP contribution in [0, 0.1) is 0 Å². The number of aromatic nitrogens is 1. The third kappa shape index (κ3) is 2.50. The van der Waals surface area contributed by atoms with Crippen molar-refractivity contribution in [2.24, 2.45) is 5.73 Å². The van der Waals surface area contributed by atoms with Gasteiger partial charge in [0, 0.05) is 19.3 Å². The summed E-state index contributed by atoms with van der Waals surface area (Å²) < 4.78 is 11.0. The lowest BCUT2D eigenvalue weighted by Crippen LogP contribution is -2.51. The second-order valence-electron chi connectivity index (χ2n) is 4.22. The molecule has 1 aliphatic heterocycles. The molecular weight excluding hydrogens is 218 g/mol. The highest BCUT2D eigenvalue weighted by Crippen LogP contribution is 2.28. The predicted octanol–water partition coefficient (Wildman–Crippen LogP) is 0.643. The van der Waals surface area contributed by atoms with E-state index in [4.69, 9.17) is 15.2 Å². The first-order chi connectivity index (χ1) is 8.26. The lowest BCUT2D eigenvalue weighted by atomic mass is 10.2. The van der Waals surface area contributed by atoms with E-state index in [9.17, 15) is 0 Å². The van der Waals surface area contributed by atoms with Crippen molar-refractivity contribution in [3.63, 3.8) is 0 Å². The molecular formula is C12H19N3O2. The van der Waals surface area contributed by atoms with Gasteiger partial charge in [-0.15, -0.1) is 0 Å². The van der Waals surface area contributed by atoms with Crippen LogP contribution in [0.4, 0.5) is 5.82 Å². The molecule has 94 valence electrons. The van der Waals surface area contributed by atoms with Gasteiger partial charge in [-0.1, -0.05) is 0 Å².